The van der Waals surface area contributed by atoms with Crippen LogP contribution in [-0.4, -0.2) is 17.3 Å². The highest BCUT2D eigenvalue weighted by Crippen LogP contribution is 2.07. The molecule has 0 aromatic carbocycles. The molecule has 0 heterocycles. The van der Waals surface area contributed by atoms with Crippen LogP contribution in [0.2, 0.25) is 0 Å². The molecule has 3 N–H and O–H groups in total. The summed E-state index contributed by atoms with van der Waals surface area (Å²) in [5.74, 6) is 0.421. The number of hydrogen-bond acceptors (Lipinski definition) is 2. The average molecular weight is 131 g/mol. The van der Waals surface area contributed by atoms with Gasteiger partial charge in [-0.05, 0) is 12.8 Å². The Labute approximate surface area is 57.1 Å². The van der Waals surface area contributed by atoms with E-state index >= 15 is 0 Å². The summed E-state index contributed by atoms with van der Waals surface area (Å²) in [6, 6.07) is -0.0602. The lowest BCUT2D eigenvalue weighted by Gasteiger charge is -2.20. The molecule has 2 nitrogen and oxygen atoms in total. The first-order valence-electron chi connectivity index (χ1n) is 3.53. The standard InChI is InChI=1S/C7H17NO/c1-4-5(2)7(8)6(3)9/h5-7,9H,4,8H2,1-3H3/t5-,6-,7-/m0/s1. The highest BCUT2D eigenvalue weighted by molar-refractivity contribution is 4.72. The fraction of sp³-hybridized carbons (Fsp3) is 1.00. The van der Waals surface area contributed by atoms with Crippen molar-refractivity contribution < 1.29 is 5.11 Å². The smallest absolute Gasteiger partial charge is 0.0665 e. The van der Waals surface area contributed by atoms with Crippen molar-refractivity contribution in [1.82, 2.24) is 0 Å². The molecule has 0 bridgehead atoms. The van der Waals surface area contributed by atoms with Gasteiger partial charge in [-0.25, -0.2) is 0 Å². The third-order valence-electron chi connectivity index (χ3n) is 1.86. The van der Waals surface area contributed by atoms with E-state index < -0.39 is 0 Å². The fourth-order valence-corrected chi connectivity index (χ4v) is 0.748. The van der Waals surface area contributed by atoms with Crippen molar-refractivity contribution >= 4 is 0 Å². The summed E-state index contributed by atoms with van der Waals surface area (Å²) in [7, 11) is 0. The van der Waals surface area contributed by atoms with Gasteiger partial charge in [0, 0.05) is 6.04 Å². The molecule has 0 saturated carbocycles. The van der Waals surface area contributed by atoms with Crippen LogP contribution in [-0.2, 0) is 0 Å². The van der Waals surface area contributed by atoms with Crippen LogP contribution in [0.1, 0.15) is 27.2 Å². The molecule has 0 saturated heterocycles. The number of aliphatic hydroxyl groups excluding tert-OH is 1. The number of aliphatic hydroxyl groups is 1. The van der Waals surface area contributed by atoms with Gasteiger partial charge < -0.3 is 10.8 Å². The minimum Gasteiger partial charge on any atom is -0.392 e. The second kappa shape index (κ2) is 3.85. The van der Waals surface area contributed by atoms with Gasteiger partial charge in [-0.2, -0.15) is 0 Å². The maximum Gasteiger partial charge on any atom is 0.0665 e. The Kier molecular flexibility index (Phi) is 3.82. The van der Waals surface area contributed by atoms with E-state index in [2.05, 4.69) is 13.8 Å². The Bertz CT molecular complexity index is 73.3. The molecule has 0 aromatic rings. The molecule has 0 aromatic heterocycles. The minimum atomic E-state index is -0.375. The summed E-state index contributed by atoms with van der Waals surface area (Å²) in [5.41, 5.74) is 5.62. The molecule has 0 aliphatic carbocycles. The second-order valence-corrected chi connectivity index (χ2v) is 2.70. The van der Waals surface area contributed by atoms with E-state index in [0.29, 0.717) is 5.92 Å². The van der Waals surface area contributed by atoms with Crippen molar-refractivity contribution in [2.45, 2.75) is 39.3 Å². The van der Waals surface area contributed by atoms with Gasteiger partial charge in [-0.15, -0.1) is 0 Å². The molecular weight excluding hydrogens is 114 g/mol. The maximum absolute atomic E-state index is 9.00. The number of nitrogens with two attached hydrogens (primary N) is 1. The zero-order valence-corrected chi connectivity index (χ0v) is 6.46. The molecule has 0 rings (SSSR count). The van der Waals surface area contributed by atoms with Crippen LogP contribution in [0.3, 0.4) is 0 Å². The van der Waals surface area contributed by atoms with Gasteiger partial charge in [0.2, 0.25) is 0 Å². The molecule has 3 atom stereocenters. The Balaban J connectivity index is 3.58. The van der Waals surface area contributed by atoms with Gasteiger partial charge in [0.15, 0.2) is 0 Å². The van der Waals surface area contributed by atoms with Crippen LogP contribution >= 0.6 is 0 Å². The third kappa shape index (κ3) is 2.82. The topological polar surface area (TPSA) is 46.2 Å². The largest absolute Gasteiger partial charge is 0.392 e. The van der Waals surface area contributed by atoms with Crippen molar-refractivity contribution in [3.8, 4) is 0 Å². The van der Waals surface area contributed by atoms with Gasteiger partial charge in [0.25, 0.3) is 0 Å². The van der Waals surface area contributed by atoms with Crippen LogP contribution in [0.5, 0.6) is 0 Å². The Morgan fingerprint density at radius 3 is 2.00 bits per heavy atom. The quantitative estimate of drug-likeness (QED) is 0.593. The summed E-state index contributed by atoms with van der Waals surface area (Å²) in [6.45, 7) is 5.86. The number of hydrogen-bond donors (Lipinski definition) is 2. The summed E-state index contributed by atoms with van der Waals surface area (Å²) < 4.78 is 0. The molecule has 2 heteroatoms. The van der Waals surface area contributed by atoms with Gasteiger partial charge >= 0.3 is 0 Å². The van der Waals surface area contributed by atoms with Crippen molar-refractivity contribution in [3.63, 3.8) is 0 Å². The SMILES string of the molecule is CC[C@H](C)[C@H](N)[C@H](C)O. The third-order valence-corrected chi connectivity index (χ3v) is 1.86. The predicted octanol–water partition coefficient (Wildman–Crippen LogP) is 0.741. The zero-order valence-electron chi connectivity index (χ0n) is 6.46. The van der Waals surface area contributed by atoms with Gasteiger partial charge in [0.05, 0.1) is 6.10 Å². The first-order chi connectivity index (χ1) is 4.09. The van der Waals surface area contributed by atoms with Crippen LogP contribution in [0.25, 0.3) is 0 Å². The zero-order chi connectivity index (χ0) is 7.44. The van der Waals surface area contributed by atoms with E-state index in [1.807, 2.05) is 0 Å². The maximum atomic E-state index is 9.00. The Morgan fingerprint density at radius 2 is 1.89 bits per heavy atom. The fourth-order valence-electron chi connectivity index (χ4n) is 0.748. The Morgan fingerprint density at radius 1 is 1.44 bits per heavy atom. The number of rotatable bonds is 3. The van der Waals surface area contributed by atoms with Gasteiger partial charge in [0.1, 0.15) is 0 Å². The Hall–Kier alpha value is -0.0800. The lowest BCUT2D eigenvalue weighted by atomic mass is 9.96. The lowest BCUT2D eigenvalue weighted by Crippen LogP contribution is -2.38. The summed E-state index contributed by atoms with van der Waals surface area (Å²) in [6.07, 6.45) is 0.659. The van der Waals surface area contributed by atoms with Crippen molar-refractivity contribution in [3.05, 3.63) is 0 Å². The molecule has 0 spiro atoms. The monoisotopic (exact) mass is 131 g/mol. The molecule has 0 unspecified atom stereocenters. The van der Waals surface area contributed by atoms with Crippen LogP contribution < -0.4 is 5.73 Å². The van der Waals surface area contributed by atoms with E-state index in [1.54, 1.807) is 6.92 Å². The van der Waals surface area contributed by atoms with E-state index in [-0.39, 0.29) is 12.1 Å². The summed E-state index contributed by atoms with van der Waals surface area (Å²) in [5, 5.41) is 9.00. The molecule has 0 aliphatic heterocycles. The summed E-state index contributed by atoms with van der Waals surface area (Å²) >= 11 is 0. The molecule has 56 valence electrons. The van der Waals surface area contributed by atoms with Crippen molar-refractivity contribution in [2.75, 3.05) is 0 Å². The van der Waals surface area contributed by atoms with E-state index in [9.17, 15) is 0 Å². The van der Waals surface area contributed by atoms with E-state index in [0.717, 1.165) is 6.42 Å². The van der Waals surface area contributed by atoms with E-state index in [1.165, 1.54) is 0 Å². The normalized spacial score (nSPS) is 21.0. The first-order valence-corrected chi connectivity index (χ1v) is 3.53. The van der Waals surface area contributed by atoms with Gasteiger partial charge in [-0.1, -0.05) is 20.3 Å². The molecule has 0 fully saturated rings. The molecule has 0 aliphatic rings. The van der Waals surface area contributed by atoms with Crippen LogP contribution in [0.4, 0.5) is 0 Å². The molecule has 0 radical (unpaired) electrons. The van der Waals surface area contributed by atoms with Crippen molar-refractivity contribution in [1.29, 1.82) is 0 Å². The molecule has 0 amide bonds. The highest BCUT2D eigenvalue weighted by Gasteiger charge is 2.14. The average Bonchev–Trinajstić information content (AvgIpc) is 1.84. The lowest BCUT2D eigenvalue weighted by molar-refractivity contribution is 0.137. The molecular formula is C7H17NO. The van der Waals surface area contributed by atoms with Gasteiger partial charge in [-0.3, -0.25) is 0 Å². The second-order valence-electron chi connectivity index (χ2n) is 2.70. The van der Waals surface area contributed by atoms with E-state index in [4.69, 9.17) is 10.8 Å². The van der Waals surface area contributed by atoms with Crippen molar-refractivity contribution in [2.24, 2.45) is 11.7 Å². The minimum absolute atomic E-state index is 0.0602. The van der Waals surface area contributed by atoms with Crippen LogP contribution in [0.15, 0.2) is 0 Å². The first kappa shape index (κ1) is 8.92. The van der Waals surface area contributed by atoms with Crippen LogP contribution in [0, 0.1) is 5.92 Å². The summed E-state index contributed by atoms with van der Waals surface area (Å²) in [4.78, 5) is 0. The predicted molar refractivity (Wildman–Crippen MR) is 39.1 cm³/mol. The molecule has 9 heavy (non-hydrogen) atoms. The highest BCUT2D eigenvalue weighted by atomic mass is 16.3.